The van der Waals surface area contributed by atoms with Gasteiger partial charge in [0.15, 0.2) is 23.6 Å². The lowest BCUT2D eigenvalue weighted by atomic mass is 10.3. The van der Waals surface area contributed by atoms with Gasteiger partial charge in [0.2, 0.25) is 0 Å². The number of benzene rings is 1. The van der Waals surface area contributed by atoms with Gasteiger partial charge in [-0.05, 0) is 17.6 Å². The Hall–Kier alpha value is 0.160. The predicted octanol–water partition coefficient (Wildman–Crippen LogP) is 3.65. The zero-order chi connectivity index (χ0) is 12.1. The van der Waals surface area contributed by atoms with Crippen molar-refractivity contribution in [2.45, 2.75) is 0 Å². The monoisotopic (exact) mass is 304 g/mol. The molecular formula is C8H8F3OPS3. The van der Waals surface area contributed by atoms with E-state index in [1.807, 2.05) is 0 Å². The third kappa shape index (κ3) is 4.20. The third-order valence-corrected chi connectivity index (χ3v) is 5.92. The quantitative estimate of drug-likeness (QED) is 0.505. The van der Waals surface area contributed by atoms with Gasteiger partial charge in [-0.1, -0.05) is 11.4 Å². The molecule has 0 saturated carbocycles. The normalized spacial score (nSPS) is 12.5. The van der Waals surface area contributed by atoms with E-state index >= 15 is 0 Å². The van der Waals surface area contributed by atoms with Crippen LogP contribution in [0.1, 0.15) is 0 Å². The van der Waals surface area contributed by atoms with Crippen molar-refractivity contribution in [1.29, 1.82) is 0 Å². The molecule has 0 bridgehead atoms. The highest BCUT2D eigenvalue weighted by molar-refractivity contribution is 8.62. The average Bonchev–Trinajstić information content (AvgIpc) is 2.23. The summed E-state index contributed by atoms with van der Waals surface area (Å²) in [6.07, 6.45) is -1.65. The van der Waals surface area contributed by atoms with E-state index in [2.05, 4.69) is 12.6 Å². The molecule has 0 heterocycles. The lowest BCUT2D eigenvalue weighted by molar-refractivity contribution is 0.440. The van der Waals surface area contributed by atoms with Crippen molar-refractivity contribution in [3.8, 4) is 5.75 Å². The molecule has 0 aliphatic heterocycles. The largest absolute Gasteiger partial charge is 0.459 e. The number of thiol groups is 1. The zero-order valence-electron chi connectivity index (χ0n) is 7.87. The first-order valence-electron chi connectivity index (χ1n) is 4.14. The van der Waals surface area contributed by atoms with Crippen LogP contribution in [0.25, 0.3) is 0 Å². The van der Waals surface area contributed by atoms with Crippen molar-refractivity contribution in [3.63, 3.8) is 0 Å². The first-order valence-corrected chi connectivity index (χ1v) is 9.03. The molecule has 16 heavy (non-hydrogen) atoms. The number of hydrogen-bond acceptors (Lipinski definition) is 4. The highest BCUT2D eigenvalue weighted by Crippen LogP contribution is 2.40. The molecule has 1 aromatic carbocycles. The molecule has 0 saturated heterocycles. The fraction of sp³-hybridized carbons (Fsp3) is 0.250. The summed E-state index contributed by atoms with van der Waals surface area (Å²) in [6.45, 7) is 0. The summed E-state index contributed by atoms with van der Waals surface area (Å²) in [5.74, 6) is -2.80. The molecule has 0 N–H and O–H groups in total. The Morgan fingerprint density at radius 3 is 2.38 bits per heavy atom. The molecule has 0 aromatic heterocycles. The molecule has 1 aromatic rings. The van der Waals surface area contributed by atoms with E-state index in [1.165, 1.54) is 11.4 Å². The smallest absolute Gasteiger partial charge is 0.194 e. The van der Waals surface area contributed by atoms with Gasteiger partial charge in [-0.25, -0.2) is 13.2 Å². The summed E-state index contributed by atoms with van der Waals surface area (Å²) in [5.41, 5.74) is 0. The number of rotatable bonds is 5. The molecule has 90 valence electrons. The molecule has 1 unspecified atom stereocenters. The Morgan fingerprint density at radius 1 is 1.31 bits per heavy atom. The summed E-state index contributed by atoms with van der Waals surface area (Å²) < 4.78 is 43.4. The van der Waals surface area contributed by atoms with Crippen molar-refractivity contribution < 1.29 is 17.7 Å². The van der Waals surface area contributed by atoms with E-state index in [0.29, 0.717) is 11.5 Å². The summed E-state index contributed by atoms with van der Waals surface area (Å²) >= 11 is 10.3. The highest BCUT2D eigenvalue weighted by atomic mass is 32.9. The SMILES string of the molecule is Fc1cc(O[PH](=S)SCCS)cc(F)c1F. The van der Waals surface area contributed by atoms with Gasteiger partial charge in [0, 0.05) is 17.9 Å². The lowest BCUT2D eigenvalue weighted by Crippen LogP contribution is -1.91. The Morgan fingerprint density at radius 2 is 1.88 bits per heavy atom. The first kappa shape index (κ1) is 14.2. The van der Waals surface area contributed by atoms with Crippen LogP contribution >= 0.6 is 30.1 Å². The van der Waals surface area contributed by atoms with Crippen molar-refractivity contribution in [1.82, 2.24) is 0 Å². The fourth-order valence-corrected chi connectivity index (χ4v) is 4.57. The standard InChI is InChI=1S/C8H8F3OPS3/c9-6-3-5(4-7(10)8(6)11)12-13(15)16-2-1-14/h3-4,13-14H,1-2H2. The summed E-state index contributed by atoms with van der Waals surface area (Å²) in [4.78, 5) is 0. The fourth-order valence-electron chi connectivity index (χ4n) is 0.846. The summed E-state index contributed by atoms with van der Waals surface area (Å²) in [7, 11) is 0. The molecule has 0 amide bonds. The summed E-state index contributed by atoms with van der Waals surface area (Å²) in [5, 5.41) is 0. The minimum absolute atomic E-state index is 0.0769. The second kappa shape index (κ2) is 6.79. The van der Waals surface area contributed by atoms with E-state index in [4.69, 9.17) is 16.3 Å². The Labute approximate surface area is 106 Å². The molecular weight excluding hydrogens is 296 g/mol. The molecule has 0 spiro atoms. The molecule has 1 nitrogen and oxygen atoms in total. The van der Waals surface area contributed by atoms with Crippen molar-refractivity contribution >= 4 is 41.9 Å². The second-order valence-corrected chi connectivity index (χ2v) is 8.34. The van der Waals surface area contributed by atoms with Crippen LogP contribution in [0.4, 0.5) is 13.2 Å². The highest BCUT2D eigenvalue weighted by Gasteiger charge is 2.11. The van der Waals surface area contributed by atoms with Gasteiger partial charge in [0.05, 0.1) is 0 Å². The molecule has 0 aliphatic rings. The molecule has 1 atom stereocenters. The topological polar surface area (TPSA) is 9.23 Å². The van der Waals surface area contributed by atoms with Crippen LogP contribution in [0.3, 0.4) is 0 Å². The number of hydrogen-bond donors (Lipinski definition) is 1. The minimum Gasteiger partial charge on any atom is -0.459 e. The molecule has 0 radical (unpaired) electrons. The van der Waals surface area contributed by atoms with Gasteiger partial charge < -0.3 is 4.52 Å². The first-order chi connectivity index (χ1) is 7.54. The van der Waals surface area contributed by atoms with Crippen molar-refractivity contribution in [2.75, 3.05) is 11.5 Å². The zero-order valence-corrected chi connectivity index (χ0v) is 11.4. The molecule has 0 aliphatic carbocycles. The van der Waals surface area contributed by atoms with Crippen LogP contribution in [0, 0.1) is 17.5 Å². The molecule has 0 fully saturated rings. The van der Waals surface area contributed by atoms with Crippen LogP contribution in [0.15, 0.2) is 12.1 Å². The Balaban J connectivity index is 2.71. The van der Waals surface area contributed by atoms with Gasteiger partial charge in [-0.2, -0.15) is 12.6 Å². The molecule has 1 rings (SSSR count). The van der Waals surface area contributed by atoms with E-state index in [0.717, 1.165) is 12.1 Å². The second-order valence-electron chi connectivity index (χ2n) is 2.63. The van der Waals surface area contributed by atoms with Crippen LogP contribution in [-0.4, -0.2) is 11.5 Å². The van der Waals surface area contributed by atoms with E-state index in [9.17, 15) is 13.2 Å². The maximum Gasteiger partial charge on any atom is 0.194 e. The van der Waals surface area contributed by atoms with Crippen molar-refractivity contribution in [3.05, 3.63) is 29.6 Å². The van der Waals surface area contributed by atoms with E-state index < -0.39 is 23.6 Å². The third-order valence-electron chi connectivity index (χ3n) is 1.47. The van der Waals surface area contributed by atoms with Gasteiger partial charge in [0.1, 0.15) is 5.75 Å². The van der Waals surface area contributed by atoms with Crippen molar-refractivity contribution in [2.24, 2.45) is 0 Å². The van der Waals surface area contributed by atoms with Gasteiger partial charge in [0.25, 0.3) is 0 Å². The Kier molecular flexibility index (Phi) is 6.03. The lowest BCUT2D eigenvalue weighted by Gasteiger charge is -2.08. The van der Waals surface area contributed by atoms with E-state index in [1.54, 1.807) is 0 Å². The van der Waals surface area contributed by atoms with Gasteiger partial charge in [-0.3, -0.25) is 0 Å². The average molecular weight is 304 g/mol. The van der Waals surface area contributed by atoms with Crippen LogP contribution in [-0.2, 0) is 11.8 Å². The maximum atomic E-state index is 12.8. The molecule has 8 heteroatoms. The van der Waals surface area contributed by atoms with E-state index in [-0.39, 0.29) is 5.75 Å². The maximum absolute atomic E-state index is 12.8. The van der Waals surface area contributed by atoms with Crippen LogP contribution < -0.4 is 4.52 Å². The predicted molar refractivity (Wildman–Crippen MR) is 68.9 cm³/mol. The summed E-state index contributed by atoms with van der Waals surface area (Å²) in [6, 6.07) is 1.58. The van der Waals surface area contributed by atoms with Crippen LogP contribution in [0.5, 0.6) is 5.75 Å². The van der Waals surface area contributed by atoms with Gasteiger partial charge >= 0.3 is 0 Å². The minimum atomic E-state index is -1.65. The number of halogens is 3. The Bertz CT molecular complexity index is 379. The van der Waals surface area contributed by atoms with Crippen LogP contribution in [0.2, 0.25) is 0 Å². The van der Waals surface area contributed by atoms with Gasteiger partial charge in [-0.15, -0.1) is 0 Å².